The Bertz CT molecular complexity index is 438. The summed E-state index contributed by atoms with van der Waals surface area (Å²) < 4.78 is 0. The van der Waals surface area contributed by atoms with E-state index >= 15 is 0 Å². The molecule has 20 heavy (non-hydrogen) atoms. The Morgan fingerprint density at radius 3 is 3.05 bits per heavy atom. The smallest absolute Gasteiger partial charge is 0.220 e. The second-order valence-corrected chi connectivity index (χ2v) is 5.95. The zero-order valence-electron chi connectivity index (χ0n) is 12.6. The van der Waals surface area contributed by atoms with Crippen LogP contribution in [0.4, 0.5) is 0 Å². The van der Waals surface area contributed by atoms with Crippen LogP contribution in [0.1, 0.15) is 49.8 Å². The molecular weight excluding hydrogens is 248 g/mol. The molecule has 3 heteroatoms. The van der Waals surface area contributed by atoms with Crippen LogP contribution in [0.15, 0.2) is 24.3 Å². The summed E-state index contributed by atoms with van der Waals surface area (Å²) in [7, 11) is 0. The average molecular weight is 274 g/mol. The molecule has 1 aliphatic rings. The fourth-order valence-corrected chi connectivity index (χ4v) is 2.84. The lowest BCUT2D eigenvalue weighted by molar-refractivity contribution is -0.122. The molecule has 1 aromatic carbocycles. The summed E-state index contributed by atoms with van der Waals surface area (Å²) in [6, 6.07) is 8.42. The van der Waals surface area contributed by atoms with Gasteiger partial charge < -0.3 is 10.6 Å². The summed E-state index contributed by atoms with van der Waals surface area (Å²) >= 11 is 0. The number of nitrogens with one attached hydrogen (secondary N) is 2. The van der Waals surface area contributed by atoms with Crippen LogP contribution in [0.3, 0.4) is 0 Å². The van der Waals surface area contributed by atoms with Crippen LogP contribution in [-0.4, -0.2) is 19.0 Å². The molecule has 3 nitrogen and oxygen atoms in total. The zero-order valence-corrected chi connectivity index (χ0v) is 12.6. The monoisotopic (exact) mass is 274 g/mol. The maximum Gasteiger partial charge on any atom is 0.220 e. The SMILES string of the molecule is Cc1cccc([C@H](C)NC(=O)CCC2CCCNC2)c1. The van der Waals surface area contributed by atoms with Gasteiger partial charge in [0.05, 0.1) is 6.04 Å². The Morgan fingerprint density at radius 1 is 1.50 bits per heavy atom. The minimum atomic E-state index is 0.0897. The van der Waals surface area contributed by atoms with Crippen molar-refractivity contribution in [3.63, 3.8) is 0 Å². The first-order chi connectivity index (χ1) is 9.65. The first-order valence-corrected chi connectivity index (χ1v) is 7.72. The minimum absolute atomic E-state index is 0.0897. The third kappa shape index (κ3) is 4.64. The maximum atomic E-state index is 12.0. The molecule has 1 unspecified atom stereocenters. The molecule has 110 valence electrons. The third-order valence-corrected chi connectivity index (χ3v) is 4.10. The fraction of sp³-hybridized carbons (Fsp3) is 0.588. The number of rotatable bonds is 5. The van der Waals surface area contributed by atoms with Crippen LogP contribution in [0.25, 0.3) is 0 Å². The van der Waals surface area contributed by atoms with Crippen molar-refractivity contribution in [3.8, 4) is 0 Å². The van der Waals surface area contributed by atoms with Crippen LogP contribution in [0.2, 0.25) is 0 Å². The molecule has 0 radical (unpaired) electrons. The largest absolute Gasteiger partial charge is 0.350 e. The van der Waals surface area contributed by atoms with Crippen molar-refractivity contribution in [2.45, 2.75) is 45.6 Å². The van der Waals surface area contributed by atoms with Crippen molar-refractivity contribution < 1.29 is 4.79 Å². The number of hydrogen-bond donors (Lipinski definition) is 2. The van der Waals surface area contributed by atoms with E-state index in [1.54, 1.807) is 0 Å². The van der Waals surface area contributed by atoms with Gasteiger partial charge >= 0.3 is 0 Å². The molecule has 2 rings (SSSR count). The van der Waals surface area contributed by atoms with Gasteiger partial charge in [0.15, 0.2) is 0 Å². The predicted octanol–water partition coefficient (Wildman–Crippen LogP) is 2.95. The van der Waals surface area contributed by atoms with Crippen molar-refractivity contribution in [3.05, 3.63) is 35.4 Å². The van der Waals surface area contributed by atoms with Crippen molar-refractivity contribution in [2.75, 3.05) is 13.1 Å². The second kappa shape index (κ2) is 7.44. The van der Waals surface area contributed by atoms with Gasteiger partial charge in [-0.25, -0.2) is 0 Å². The molecule has 2 N–H and O–H groups in total. The van der Waals surface area contributed by atoms with Gasteiger partial charge in [-0.3, -0.25) is 4.79 Å². The Morgan fingerprint density at radius 2 is 2.35 bits per heavy atom. The minimum Gasteiger partial charge on any atom is -0.350 e. The number of piperidine rings is 1. The van der Waals surface area contributed by atoms with Crippen LogP contribution >= 0.6 is 0 Å². The predicted molar refractivity (Wildman–Crippen MR) is 82.6 cm³/mol. The van der Waals surface area contributed by atoms with Crippen LogP contribution in [-0.2, 0) is 4.79 Å². The van der Waals surface area contributed by atoms with Gasteiger partial charge in [0.2, 0.25) is 5.91 Å². The standard InChI is InChI=1S/C17H26N2O/c1-13-5-3-7-16(11-13)14(2)19-17(20)9-8-15-6-4-10-18-12-15/h3,5,7,11,14-15,18H,4,6,8-10,12H2,1-2H3,(H,19,20)/t14-,15?/m0/s1. The molecule has 0 spiro atoms. The molecule has 2 atom stereocenters. The molecule has 1 aliphatic heterocycles. The third-order valence-electron chi connectivity index (χ3n) is 4.10. The van der Waals surface area contributed by atoms with E-state index in [0.717, 1.165) is 19.5 Å². The van der Waals surface area contributed by atoms with Gasteiger partial charge in [0.25, 0.3) is 0 Å². The lowest BCUT2D eigenvalue weighted by atomic mass is 9.94. The number of aryl methyl sites for hydroxylation is 1. The highest BCUT2D eigenvalue weighted by molar-refractivity contribution is 5.76. The molecule has 1 amide bonds. The van der Waals surface area contributed by atoms with E-state index < -0.39 is 0 Å². The first kappa shape index (κ1) is 15.0. The highest BCUT2D eigenvalue weighted by Gasteiger charge is 2.15. The summed E-state index contributed by atoms with van der Waals surface area (Å²) in [5.41, 5.74) is 2.41. The normalized spacial score (nSPS) is 20.4. The molecule has 1 aromatic rings. The van der Waals surface area contributed by atoms with E-state index in [0.29, 0.717) is 12.3 Å². The Labute approximate surface area is 122 Å². The van der Waals surface area contributed by atoms with Gasteiger partial charge in [-0.15, -0.1) is 0 Å². The van der Waals surface area contributed by atoms with Gasteiger partial charge in [-0.05, 0) is 57.7 Å². The van der Waals surface area contributed by atoms with Gasteiger partial charge in [-0.2, -0.15) is 0 Å². The Hall–Kier alpha value is -1.35. The van der Waals surface area contributed by atoms with E-state index in [1.807, 2.05) is 6.07 Å². The number of carbonyl (C=O) groups is 1. The average Bonchev–Trinajstić information content (AvgIpc) is 2.46. The van der Waals surface area contributed by atoms with Gasteiger partial charge in [0.1, 0.15) is 0 Å². The quantitative estimate of drug-likeness (QED) is 0.866. The summed E-state index contributed by atoms with van der Waals surface area (Å²) in [5.74, 6) is 0.841. The summed E-state index contributed by atoms with van der Waals surface area (Å²) in [5, 5.41) is 6.50. The summed E-state index contributed by atoms with van der Waals surface area (Å²) in [6.07, 6.45) is 4.14. The van der Waals surface area contributed by atoms with Crippen molar-refractivity contribution >= 4 is 5.91 Å². The zero-order chi connectivity index (χ0) is 14.4. The van der Waals surface area contributed by atoms with Crippen molar-refractivity contribution in [1.82, 2.24) is 10.6 Å². The number of amides is 1. The summed E-state index contributed by atoms with van der Waals surface area (Å²) in [6.45, 7) is 6.33. The molecule has 0 aromatic heterocycles. The number of hydrogen-bond acceptors (Lipinski definition) is 2. The van der Waals surface area contributed by atoms with Gasteiger partial charge in [0, 0.05) is 6.42 Å². The van der Waals surface area contributed by atoms with E-state index in [1.165, 1.54) is 24.0 Å². The first-order valence-electron chi connectivity index (χ1n) is 7.72. The van der Waals surface area contributed by atoms with Crippen molar-refractivity contribution in [2.24, 2.45) is 5.92 Å². The van der Waals surface area contributed by atoms with Crippen LogP contribution in [0.5, 0.6) is 0 Å². The van der Waals surface area contributed by atoms with Crippen LogP contribution < -0.4 is 10.6 Å². The lowest BCUT2D eigenvalue weighted by Crippen LogP contribution is -2.31. The second-order valence-electron chi connectivity index (χ2n) is 5.95. The van der Waals surface area contributed by atoms with E-state index in [4.69, 9.17) is 0 Å². The molecule has 0 bridgehead atoms. The van der Waals surface area contributed by atoms with E-state index in [-0.39, 0.29) is 11.9 Å². The van der Waals surface area contributed by atoms with Crippen molar-refractivity contribution in [1.29, 1.82) is 0 Å². The summed E-state index contributed by atoms with van der Waals surface area (Å²) in [4.78, 5) is 12.0. The lowest BCUT2D eigenvalue weighted by Gasteiger charge is -2.22. The molecule has 1 fully saturated rings. The Kier molecular flexibility index (Phi) is 5.60. The number of benzene rings is 1. The van der Waals surface area contributed by atoms with E-state index in [9.17, 15) is 4.79 Å². The molecule has 0 aliphatic carbocycles. The van der Waals surface area contributed by atoms with Crippen LogP contribution in [0, 0.1) is 12.8 Å². The Balaban J connectivity index is 1.76. The maximum absolute atomic E-state index is 12.0. The highest BCUT2D eigenvalue weighted by Crippen LogP contribution is 2.17. The fourth-order valence-electron chi connectivity index (χ4n) is 2.84. The van der Waals surface area contributed by atoms with Gasteiger partial charge in [-0.1, -0.05) is 29.8 Å². The number of carbonyl (C=O) groups excluding carboxylic acids is 1. The topological polar surface area (TPSA) is 41.1 Å². The highest BCUT2D eigenvalue weighted by atomic mass is 16.1. The molecular formula is C17H26N2O. The molecule has 1 saturated heterocycles. The molecule has 1 heterocycles. The molecule has 0 saturated carbocycles. The van der Waals surface area contributed by atoms with E-state index in [2.05, 4.69) is 42.7 Å².